The van der Waals surface area contributed by atoms with Crippen LogP contribution in [0.15, 0.2) is 24.3 Å². The first-order chi connectivity index (χ1) is 12.5. The van der Waals surface area contributed by atoms with Gasteiger partial charge >= 0.3 is 0 Å². The van der Waals surface area contributed by atoms with E-state index in [0.717, 1.165) is 0 Å². The molecule has 1 saturated heterocycles. The molecule has 0 bridgehead atoms. The molecule has 0 radical (unpaired) electrons. The zero-order valence-corrected chi connectivity index (χ0v) is 14.1. The molecule has 3 amide bonds. The number of rotatable bonds is 4. The number of amides is 3. The van der Waals surface area contributed by atoms with Crippen molar-refractivity contribution in [2.75, 3.05) is 7.05 Å². The number of likely N-dealkylation sites (tertiary alicyclic amines) is 1. The van der Waals surface area contributed by atoms with Gasteiger partial charge in [0, 0.05) is 12.4 Å². The minimum absolute atomic E-state index is 0.0387. The molecule has 1 fully saturated rings. The van der Waals surface area contributed by atoms with Crippen LogP contribution in [0.25, 0.3) is 10.9 Å². The van der Waals surface area contributed by atoms with E-state index in [1.165, 1.54) is 4.68 Å². The molecule has 8 heteroatoms. The summed E-state index contributed by atoms with van der Waals surface area (Å²) in [4.78, 5) is 38.3. The fraction of sp³-hybridized carbons (Fsp3) is 0.333. The third kappa shape index (κ3) is 2.32. The highest BCUT2D eigenvalue weighted by atomic mass is 16.2. The predicted molar refractivity (Wildman–Crippen MR) is 92.6 cm³/mol. The Bertz CT molecular complexity index is 999. The molecule has 4 rings (SSSR count). The van der Waals surface area contributed by atoms with Gasteiger partial charge in [0.25, 0.3) is 5.91 Å². The highest BCUT2D eigenvalue weighted by Gasteiger charge is 2.48. The van der Waals surface area contributed by atoms with Crippen molar-refractivity contribution in [2.24, 2.45) is 11.7 Å². The van der Waals surface area contributed by atoms with Crippen LogP contribution in [0.2, 0.25) is 0 Å². The van der Waals surface area contributed by atoms with Crippen LogP contribution in [0, 0.1) is 17.8 Å². The number of hydrogen-bond donors (Lipinski definition) is 2. The molecule has 0 saturated carbocycles. The van der Waals surface area contributed by atoms with Crippen molar-refractivity contribution in [3.8, 4) is 11.8 Å². The summed E-state index contributed by atoms with van der Waals surface area (Å²) in [7, 11) is 1.55. The number of para-hydroxylation sites is 1. The van der Waals surface area contributed by atoms with E-state index in [-0.39, 0.29) is 36.0 Å². The summed E-state index contributed by atoms with van der Waals surface area (Å²) in [5.41, 5.74) is 6.16. The Labute approximate surface area is 149 Å². The zero-order valence-electron chi connectivity index (χ0n) is 14.1. The van der Waals surface area contributed by atoms with Gasteiger partial charge in [-0.25, -0.2) is 0 Å². The van der Waals surface area contributed by atoms with Crippen molar-refractivity contribution in [1.29, 1.82) is 0 Å². The van der Waals surface area contributed by atoms with Crippen molar-refractivity contribution >= 4 is 28.6 Å². The molecule has 2 aromatic rings. The molecule has 1 aliphatic carbocycles. The lowest BCUT2D eigenvalue weighted by atomic mass is 9.92. The van der Waals surface area contributed by atoms with Gasteiger partial charge in [-0.2, -0.15) is 5.10 Å². The summed E-state index contributed by atoms with van der Waals surface area (Å²) in [6, 6.07) is 6.30. The number of benzene rings is 1. The van der Waals surface area contributed by atoms with Crippen LogP contribution in [0.1, 0.15) is 16.9 Å². The van der Waals surface area contributed by atoms with E-state index < -0.39 is 11.9 Å². The van der Waals surface area contributed by atoms with Gasteiger partial charge in [0.05, 0.1) is 11.4 Å². The van der Waals surface area contributed by atoms with E-state index >= 15 is 0 Å². The van der Waals surface area contributed by atoms with Gasteiger partial charge in [-0.15, -0.1) is 0 Å². The van der Waals surface area contributed by atoms with Crippen LogP contribution in [-0.4, -0.2) is 51.5 Å². The van der Waals surface area contributed by atoms with E-state index in [2.05, 4.69) is 22.3 Å². The molecule has 3 N–H and O–H groups in total. The molecular formula is C18H17N5O3. The molecule has 1 aromatic carbocycles. The number of carbonyl (C=O) groups excluding carboxylic acids is 3. The van der Waals surface area contributed by atoms with E-state index in [1.807, 2.05) is 0 Å². The molecule has 1 aromatic heterocycles. The summed E-state index contributed by atoms with van der Waals surface area (Å²) in [6.45, 7) is -0.0911. The van der Waals surface area contributed by atoms with Gasteiger partial charge in [0.15, 0.2) is 5.69 Å². The van der Waals surface area contributed by atoms with E-state index in [9.17, 15) is 14.4 Å². The third-order valence-electron chi connectivity index (χ3n) is 4.92. The molecule has 3 atom stereocenters. The Morgan fingerprint density at radius 3 is 2.73 bits per heavy atom. The number of fused-ring (bicyclic) bond motifs is 2. The second kappa shape index (κ2) is 5.88. The van der Waals surface area contributed by atoms with Crippen molar-refractivity contribution in [1.82, 2.24) is 20.0 Å². The fourth-order valence-electron chi connectivity index (χ4n) is 3.64. The summed E-state index contributed by atoms with van der Waals surface area (Å²) >= 11 is 0. The summed E-state index contributed by atoms with van der Waals surface area (Å²) in [5, 5.41) is 7.41. The van der Waals surface area contributed by atoms with Crippen LogP contribution < -0.4 is 11.1 Å². The number of nitrogens with two attached hydrogens (primary N) is 1. The Hall–Kier alpha value is -3.34. The van der Waals surface area contributed by atoms with Gasteiger partial charge in [0.1, 0.15) is 18.6 Å². The van der Waals surface area contributed by atoms with Gasteiger partial charge in [-0.3, -0.25) is 19.1 Å². The van der Waals surface area contributed by atoms with E-state index in [0.29, 0.717) is 17.3 Å². The smallest absolute Gasteiger partial charge is 0.269 e. The summed E-state index contributed by atoms with van der Waals surface area (Å²) in [5.74, 6) is 4.89. The van der Waals surface area contributed by atoms with E-state index in [4.69, 9.17) is 5.73 Å². The minimum Gasteiger partial charge on any atom is -0.364 e. The summed E-state index contributed by atoms with van der Waals surface area (Å²) in [6.07, 6.45) is 0.537. The standard InChI is InChI=1S/C18H17N5O3/c1-20-18(26)14-8-10-6-7-12(10)23(14)15(24)9-22-13-5-3-2-4-11(13)16(21-22)17(19)25/h2-5,10,12,14H,8-9H2,1H3,(H2,19,25)(H,20,26). The fourth-order valence-corrected chi connectivity index (χ4v) is 3.64. The van der Waals surface area contributed by atoms with Crippen molar-refractivity contribution in [3.05, 3.63) is 30.0 Å². The van der Waals surface area contributed by atoms with Crippen molar-refractivity contribution in [2.45, 2.75) is 25.0 Å². The Morgan fingerprint density at radius 2 is 2.08 bits per heavy atom. The number of carbonyl (C=O) groups is 3. The number of primary amides is 1. The quantitative estimate of drug-likeness (QED) is 0.723. The maximum atomic E-state index is 13.0. The minimum atomic E-state index is -0.651. The molecule has 1 aliphatic heterocycles. The van der Waals surface area contributed by atoms with Crippen LogP contribution in [0.5, 0.6) is 0 Å². The second-order valence-electron chi connectivity index (χ2n) is 6.39. The van der Waals surface area contributed by atoms with Gasteiger partial charge in [-0.05, 0) is 12.5 Å². The Balaban J connectivity index is 1.66. The lowest BCUT2D eigenvalue weighted by Gasteiger charge is -2.29. The molecule has 3 unspecified atom stereocenters. The van der Waals surface area contributed by atoms with Gasteiger partial charge in [-0.1, -0.05) is 30.0 Å². The number of hydrogen-bond acceptors (Lipinski definition) is 4. The predicted octanol–water partition coefficient (Wildman–Crippen LogP) is -0.516. The lowest BCUT2D eigenvalue weighted by Crippen LogP contribution is -2.50. The highest BCUT2D eigenvalue weighted by Crippen LogP contribution is 2.34. The number of nitrogens with zero attached hydrogens (tertiary/aromatic N) is 3. The number of nitrogens with one attached hydrogen (secondary N) is 1. The van der Waals surface area contributed by atoms with Crippen molar-refractivity contribution in [3.63, 3.8) is 0 Å². The van der Waals surface area contributed by atoms with Crippen molar-refractivity contribution < 1.29 is 14.4 Å². The first-order valence-corrected chi connectivity index (χ1v) is 8.30. The van der Waals surface area contributed by atoms with E-state index in [1.54, 1.807) is 36.2 Å². The highest BCUT2D eigenvalue weighted by molar-refractivity contribution is 6.04. The normalized spacial score (nSPS) is 23.0. The summed E-state index contributed by atoms with van der Waals surface area (Å²) < 4.78 is 1.46. The second-order valence-corrected chi connectivity index (χ2v) is 6.39. The number of likely N-dealkylation sites (N-methyl/N-ethyl adjacent to an activating group) is 1. The van der Waals surface area contributed by atoms with Gasteiger partial charge < -0.3 is 16.0 Å². The molecule has 8 nitrogen and oxygen atoms in total. The Kier molecular flexibility index (Phi) is 3.65. The lowest BCUT2D eigenvalue weighted by molar-refractivity contribution is -0.140. The maximum Gasteiger partial charge on any atom is 0.269 e. The zero-order chi connectivity index (χ0) is 18.4. The molecule has 2 heterocycles. The van der Waals surface area contributed by atoms with Gasteiger partial charge in [0.2, 0.25) is 11.8 Å². The molecule has 2 aliphatic rings. The van der Waals surface area contributed by atoms with Crippen LogP contribution in [0.3, 0.4) is 0 Å². The average Bonchev–Trinajstić information content (AvgIpc) is 3.10. The Morgan fingerprint density at radius 1 is 1.31 bits per heavy atom. The van der Waals surface area contributed by atoms with Crippen LogP contribution in [0.4, 0.5) is 0 Å². The SMILES string of the molecule is CNC(=O)C1CC2C#CC2N1C(=O)Cn1nc(C(N)=O)c2ccccc21. The molecule has 0 spiro atoms. The maximum absolute atomic E-state index is 13.0. The topological polar surface area (TPSA) is 110 Å². The molecule has 26 heavy (non-hydrogen) atoms. The average molecular weight is 351 g/mol. The first kappa shape index (κ1) is 16.1. The van der Waals surface area contributed by atoms with Crippen LogP contribution >= 0.6 is 0 Å². The molecular weight excluding hydrogens is 334 g/mol. The first-order valence-electron chi connectivity index (χ1n) is 8.30. The van der Waals surface area contributed by atoms with Crippen LogP contribution in [-0.2, 0) is 16.1 Å². The number of aromatic nitrogens is 2. The monoisotopic (exact) mass is 351 g/mol. The largest absolute Gasteiger partial charge is 0.364 e. The molecule has 132 valence electrons. The third-order valence-corrected chi connectivity index (χ3v) is 4.92.